The molecule has 1 atom stereocenters. The highest BCUT2D eigenvalue weighted by molar-refractivity contribution is 5.27. The van der Waals surface area contributed by atoms with E-state index in [9.17, 15) is 4.39 Å². The fourth-order valence-corrected chi connectivity index (χ4v) is 3.69. The summed E-state index contributed by atoms with van der Waals surface area (Å²) in [7, 11) is 0. The smallest absolute Gasteiger partial charge is 0.123 e. The maximum Gasteiger partial charge on any atom is 0.123 e. The summed E-state index contributed by atoms with van der Waals surface area (Å²) in [5, 5.41) is 6.85. The first kappa shape index (κ1) is 12.7. The molecule has 2 saturated heterocycles. The van der Waals surface area contributed by atoms with E-state index in [4.69, 9.17) is 0 Å². The molecule has 2 heterocycles. The maximum absolute atomic E-state index is 13.1. The molecule has 2 aliphatic rings. The second kappa shape index (κ2) is 4.97. The minimum Gasteiger partial charge on any atom is -0.388 e. The molecule has 2 fully saturated rings. The zero-order chi connectivity index (χ0) is 13.3. The molecule has 0 bridgehead atoms. The zero-order valence-corrected chi connectivity index (χ0v) is 11.2. The first-order valence-electron chi connectivity index (χ1n) is 7.07. The number of allylic oxidation sites excluding steroid dienone is 1. The predicted octanol–water partition coefficient (Wildman–Crippen LogP) is 2.79. The molecule has 2 aliphatic heterocycles. The van der Waals surface area contributed by atoms with Crippen LogP contribution in [-0.4, -0.2) is 19.6 Å². The van der Waals surface area contributed by atoms with Crippen molar-refractivity contribution in [2.45, 2.75) is 25.2 Å². The van der Waals surface area contributed by atoms with Crippen LogP contribution in [0.3, 0.4) is 0 Å². The first-order valence-corrected chi connectivity index (χ1v) is 7.07. The number of halogens is 1. The van der Waals surface area contributed by atoms with E-state index in [1.54, 1.807) is 12.1 Å². The van der Waals surface area contributed by atoms with Crippen molar-refractivity contribution in [1.82, 2.24) is 10.6 Å². The Balaban J connectivity index is 1.92. The minimum atomic E-state index is -0.156. The van der Waals surface area contributed by atoms with Gasteiger partial charge in [-0.3, -0.25) is 0 Å². The van der Waals surface area contributed by atoms with Crippen LogP contribution in [0.25, 0.3) is 0 Å². The van der Waals surface area contributed by atoms with Crippen LogP contribution in [0.15, 0.2) is 36.5 Å². The Bertz CT molecular complexity index is 460. The molecule has 19 heavy (non-hydrogen) atoms. The molecule has 1 aromatic carbocycles. The molecule has 1 unspecified atom stereocenters. The highest BCUT2D eigenvalue weighted by Crippen LogP contribution is 2.49. The first-order chi connectivity index (χ1) is 9.20. The summed E-state index contributed by atoms with van der Waals surface area (Å²) in [6, 6.07) is 7.04. The van der Waals surface area contributed by atoms with Crippen LogP contribution < -0.4 is 10.6 Å². The third-order valence-electron chi connectivity index (χ3n) is 4.73. The second-order valence-electron chi connectivity index (χ2n) is 5.88. The van der Waals surface area contributed by atoms with E-state index in [0.29, 0.717) is 11.3 Å². The van der Waals surface area contributed by atoms with Crippen LogP contribution in [0.1, 0.15) is 30.7 Å². The van der Waals surface area contributed by atoms with Gasteiger partial charge in [0.25, 0.3) is 0 Å². The largest absolute Gasteiger partial charge is 0.388 e. The van der Waals surface area contributed by atoms with Gasteiger partial charge in [0.2, 0.25) is 0 Å². The summed E-state index contributed by atoms with van der Waals surface area (Å²) in [6.45, 7) is 7.18. The van der Waals surface area contributed by atoms with E-state index >= 15 is 0 Å². The zero-order valence-electron chi connectivity index (χ0n) is 11.2. The summed E-state index contributed by atoms with van der Waals surface area (Å²) < 4.78 is 13.1. The fraction of sp³-hybridized carbons (Fsp3) is 0.500. The van der Waals surface area contributed by atoms with Crippen molar-refractivity contribution >= 4 is 0 Å². The van der Waals surface area contributed by atoms with E-state index in [0.717, 1.165) is 31.8 Å². The number of nitrogens with one attached hydrogen (secondary N) is 2. The van der Waals surface area contributed by atoms with Crippen molar-refractivity contribution in [2.24, 2.45) is 5.41 Å². The number of benzene rings is 1. The van der Waals surface area contributed by atoms with Crippen molar-refractivity contribution < 1.29 is 4.39 Å². The van der Waals surface area contributed by atoms with E-state index in [-0.39, 0.29) is 5.82 Å². The second-order valence-corrected chi connectivity index (χ2v) is 5.88. The third kappa shape index (κ3) is 2.39. The van der Waals surface area contributed by atoms with Crippen molar-refractivity contribution in [2.75, 3.05) is 19.6 Å². The van der Waals surface area contributed by atoms with Crippen LogP contribution in [-0.2, 0) is 0 Å². The van der Waals surface area contributed by atoms with Gasteiger partial charge in [0.05, 0.1) is 0 Å². The Morgan fingerprint density at radius 2 is 1.84 bits per heavy atom. The van der Waals surface area contributed by atoms with E-state index < -0.39 is 0 Å². The van der Waals surface area contributed by atoms with E-state index in [1.165, 1.54) is 18.4 Å². The number of hydrogen-bond acceptors (Lipinski definition) is 2. The average molecular weight is 260 g/mol. The highest BCUT2D eigenvalue weighted by Gasteiger charge is 2.43. The quantitative estimate of drug-likeness (QED) is 0.811. The Morgan fingerprint density at radius 1 is 1.16 bits per heavy atom. The van der Waals surface area contributed by atoms with Gasteiger partial charge in [0.1, 0.15) is 5.82 Å². The molecule has 2 N–H and O–H groups in total. The lowest BCUT2D eigenvalue weighted by atomic mass is 9.62. The predicted molar refractivity (Wildman–Crippen MR) is 75.4 cm³/mol. The van der Waals surface area contributed by atoms with Crippen LogP contribution in [0.5, 0.6) is 0 Å². The molecular formula is C16H21FN2. The summed E-state index contributed by atoms with van der Waals surface area (Å²) in [4.78, 5) is 0. The van der Waals surface area contributed by atoms with Crippen molar-refractivity contribution in [1.29, 1.82) is 0 Å². The molecule has 0 saturated carbocycles. The molecule has 1 aromatic rings. The lowest BCUT2D eigenvalue weighted by molar-refractivity contribution is 0.130. The number of rotatable bonds is 1. The molecule has 0 aromatic heterocycles. The summed E-state index contributed by atoms with van der Waals surface area (Å²) in [5.74, 6) is 0.303. The van der Waals surface area contributed by atoms with Crippen molar-refractivity contribution in [3.05, 3.63) is 47.9 Å². The van der Waals surface area contributed by atoms with Gasteiger partial charge >= 0.3 is 0 Å². The number of piperidine rings is 2. The Hall–Kier alpha value is -1.35. The van der Waals surface area contributed by atoms with Gasteiger partial charge in [0.15, 0.2) is 0 Å². The van der Waals surface area contributed by atoms with Crippen molar-refractivity contribution in [3.63, 3.8) is 0 Å². The molecule has 3 heteroatoms. The van der Waals surface area contributed by atoms with Gasteiger partial charge in [-0.15, -0.1) is 0 Å². The summed E-state index contributed by atoms with van der Waals surface area (Å²) >= 11 is 0. The SMILES string of the molecule is C=C1CC2(CCNCC2)C(c2ccc(F)cc2)CN1. The fourth-order valence-electron chi connectivity index (χ4n) is 3.69. The maximum atomic E-state index is 13.1. The molecule has 0 aliphatic carbocycles. The van der Waals surface area contributed by atoms with Gasteiger partial charge in [0, 0.05) is 18.2 Å². The third-order valence-corrected chi connectivity index (χ3v) is 4.73. The van der Waals surface area contributed by atoms with Crippen LogP contribution in [0, 0.1) is 11.2 Å². The van der Waals surface area contributed by atoms with Gasteiger partial charge < -0.3 is 10.6 Å². The Kier molecular flexibility index (Phi) is 3.31. The lowest BCUT2D eigenvalue weighted by Crippen LogP contribution is -2.48. The molecular weight excluding hydrogens is 239 g/mol. The standard InChI is InChI=1S/C16H21FN2/c1-12-10-16(6-8-18-9-7-16)15(11-19-12)13-2-4-14(17)5-3-13/h2-5,15,18-19H,1,6-11H2. The minimum absolute atomic E-state index is 0.156. The number of hydrogen-bond donors (Lipinski definition) is 2. The molecule has 3 rings (SSSR count). The van der Waals surface area contributed by atoms with Gasteiger partial charge in [-0.1, -0.05) is 18.7 Å². The van der Waals surface area contributed by atoms with Crippen LogP contribution in [0.2, 0.25) is 0 Å². The van der Waals surface area contributed by atoms with Gasteiger partial charge in [-0.25, -0.2) is 4.39 Å². The molecule has 0 amide bonds. The highest BCUT2D eigenvalue weighted by atomic mass is 19.1. The van der Waals surface area contributed by atoms with Crippen LogP contribution >= 0.6 is 0 Å². The summed E-state index contributed by atoms with van der Waals surface area (Å²) in [6.07, 6.45) is 3.39. The molecule has 0 radical (unpaired) electrons. The van der Waals surface area contributed by atoms with Crippen molar-refractivity contribution in [3.8, 4) is 0 Å². The van der Waals surface area contributed by atoms with Gasteiger partial charge in [-0.05, 0) is 55.5 Å². The van der Waals surface area contributed by atoms with E-state index in [2.05, 4.69) is 17.2 Å². The Morgan fingerprint density at radius 3 is 2.53 bits per heavy atom. The van der Waals surface area contributed by atoms with Crippen LogP contribution in [0.4, 0.5) is 4.39 Å². The summed E-state index contributed by atoms with van der Waals surface area (Å²) in [5.41, 5.74) is 2.70. The Labute approximate surface area is 114 Å². The lowest BCUT2D eigenvalue weighted by Gasteiger charge is -2.48. The van der Waals surface area contributed by atoms with E-state index in [1.807, 2.05) is 12.1 Å². The van der Waals surface area contributed by atoms with Gasteiger partial charge in [-0.2, -0.15) is 0 Å². The molecule has 102 valence electrons. The molecule has 2 nitrogen and oxygen atoms in total. The topological polar surface area (TPSA) is 24.1 Å². The average Bonchev–Trinajstić information content (AvgIpc) is 2.41. The monoisotopic (exact) mass is 260 g/mol. The normalized spacial score (nSPS) is 26.2. The molecule has 1 spiro atoms.